The van der Waals surface area contributed by atoms with Crippen molar-refractivity contribution in [2.24, 2.45) is 0 Å². The van der Waals surface area contributed by atoms with Gasteiger partial charge in [0, 0.05) is 5.69 Å². The molecule has 0 fully saturated rings. The van der Waals surface area contributed by atoms with Crippen LogP contribution in [0, 0.1) is 11.6 Å². The highest BCUT2D eigenvalue weighted by atomic mass is 19.1. The largest absolute Gasteiger partial charge is 0.478 e. The fraction of sp³-hybridized carbons (Fsp3) is 0.286. The summed E-state index contributed by atoms with van der Waals surface area (Å²) >= 11 is 0. The summed E-state index contributed by atoms with van der Waals surface area (Å²) in [5.41, 5.74) is 0.998. The first kappa shape index (κ1) is 12.8. The molecule has 0 aliphatic heterocycles. The van der Waals surface area contributed by atoms with E-state index in [1.807, 2.05) is 0 Å². The summed E-state index contributed by atoms with van der Waals surface area (Å²) in [6, 6.07) is 1.66. The molecule has 1 heterocycles. The highest BCUT2D eigenvalue weighted by Crippen LogP contribution is 2.26. The Morgan fingerprint density at radius 1 is 1.20 bits per heavy atom. The third-order valence-electron chi connectivity index (χ3n) is 3.53. The van der Waals surface area contributed by atoms with Crippen molar-refractivity contribution in [3.63, 3.8) is 0 Å². The van der Waals surface area contributed by atoms with Gasteiger partial charge in [-0.2, -0.15) is 0 Å². The summed E-state index contributed by atoms with van der Waals surface area (Å²) in [4.78, 5) is 15.0. The van der Waals surface area contributed by atoms with E-state index in [9.17, 15) is 13.6 Å². The Morgan fingerprint density at radius 3 is 2.50 bits per heavy atom. The van der Waals surface area contributed by atoms with Gasteiger partial charge in [0.15, 0.2) is 11.6 Å². The van der Waals surface area contributed by atoms with Gasteiger partial charge >= 0.3 is 5.97 Å². The van der Waals surface area contributed by atoms with Crippen molar-refractivity contribution >= 4 is 5.97 Å². The minimum atomic E-state index is -1.36. The predicted molar refractivity (Wildman–Crippen MR) is 67.1 cm³/mol. The Morgan fingerprint density at radius 2 is 1.85 bits per heavy atom. The maximum Gasteiger partial charge on any atom is 0.335 e. The van der Waals surface area contributed by atoms with E-state index in [1.54, 1.807) is 0 Å². The topological polar surface area (TPSA) is 55.1 Å². The van der Waals surface area contributed by atoms with Crippen LogP contribution in [-0.2, 0) is 12.8 Å². The summed E-state index contributed by atoms with van der Waals surface area (Å²) in [7, 11) is 0. The van der Waals surface area contributed by atoms with Crippen molar-refractivity contribution in [3.8, 4) is 5.69 Å². The normalized spacial score (nSPS) is 14.1. The van der Waals surface area contributed by atoms with Crippen molar-refractivity contribution in [1.29, 1.82) is 0 Å². The van der Waals surface area contributed by atoms with Crippen LogP contribution in [0.4, 0.5) is 8.78 Å². The number of nitrogens with zero attached hydrogens (tertiary/aromatic N) is 2. The number of halogens is 2. The van der Waals surface area contributed by atoms with Crippen molar-refractivity contribution < 1.29 is 18.7 Å². The number of benzene rings is 1. The van der Waals surface area contributed by atoms with Gasteiger partial charge in [-0.3, -0.25) is 4.57 Å². The molecule has 3 rings (SSSR count). The molecule has 1 aliphatic rings. The number of aromatic carboxylic acids is 1. The molecule has 104 valence electrons. The molecule has 0 radical (unpaired) electrons. The molecular weight excluding hydrogens is 266 g/mol. The second-order valence-corrected chi connectivity index (χ2v) is 4.81. The van der Waals surface area contributed by atoms with E-state index in [-0.39, 0.29) is 5.69 Å². The lowest BCUT2D eigenvalue weighted by Crippen LogP contribution is -2.10. The van der Waals surface area contributed by atoms with Crippen molar-refractivity contribution in [1.82, 2.24) is 9.55 Å². The molecule has 0 amide bonds. The molecule has 4 nitrogen and oxygen atoms in total. The average Bonchev–Trinajstić information content (AvgIpc) is 2.82. The van der Waals surface area contributed by atoms with Gasteiger partial charge in [0.2, 0.25) is 0 Å². The molecular formula is C14H12F2N2O2. The number of hydrogen-bond acceptors (Lipinski definition) is 2. The zero-order valence-electron chi connectivity index (χ0n) is 10.6. The summed E-state index contributed by atoms with van der Waals surface area (Å²) in [5.74, 6) is -3.15. The SMILES string of the molecule is O=C(O)c1cc(F)c(-n2cnc3c2CCCC3)c(F)c1. The van der Waals surface area contributed by atoms with Crippen LogP contribution in [0.3, 0.4) is 0 Å². The lowest BCUT2D eigenvalue weighted by molar-refractivity contribution is 0.0695. The maximum absolute atomic E-state index is 14.1. The second-order valence-electron chi connectivity index (χ2n) is 4.81. The number of fused-ring (bicyclic) bond motifs is 1. The Hall–Kier alpha value is -2.24. The molecule has 0 unspecified atom stereocenters. The monoisotopic (exact) mass is 278 g/mol. The van der Waals surface area contributed by atoms with Gasteiger partial charge in [-0.25, -0.2) is 18.6 Å². The maximum atomic E-state index is 14.1. The molecule has 0 saturated heterocycles. The highest BCUT2D eigenvalue weighted by molar-refractivity contribution is 5.87. The van der Waals surface area contributed by atoms with Crippen LogP contribution in [0.25, 0.3) is 5.69 Å². The molecule has 1 N–H and O–H groups in total. The van der Waals surface area contributed by atoms with Crippen LogP contribution in [0.15, 0.2) is 18.5 Å². The molecule has 0 atom stereocenters. The average molecular weight is 278 g/mol. The molecule has 0 spiro atoms. The van der Waals surface area contributed by atoms with Gasteiger partial charge in [-0.15, -0.1) is 0 Å². The molecule has 0 bridgehead atoms. The third kappa shape index (κ3) is 1.97. The third-order valence-corrected chi connectivity index (χ3v) is 3.53. The number of aryl methyl sites for hydroxylation is 1. The van der Waals surface area contributed by atoms with Gasteiger partial charge in [-0.05, 0) is 37.8 Å². The Kier molecular flexibility index (Phi) is 3.00. The zero-order chi connectivity index (χ0) is 14.3. The van der Waals surface area contributed by atoms with Crippen LogP contribution < -0.4 is 0 Å². The zero-order valence-corrected chi connectivity index (χ0v) is 10.6. The number of hydrogen-bond donors (Lipinski definition) is 1. The van der Waals surface area contributed by atoms with Gasteiger partial charge < -0.3 is 5.11 Å². The first-order valence-corrected chi connectivity index (χ1v) is 6.35. The molecule has 1 aliphatic carbocycles. The fourth-order valence-electron chi connectivity index (χ4n) is 2.58. The summed E-state index contributed by atoms with van der Waals surface area (Å²) in [6.07, 6.45) is 4.90. The summed E-state index contributed by atoms with van der Waals surface area (Å²) in [5, 5.41) is 8.79. The van der Waals surface area contributed by atoms with E-state index in [0.717, 1.165) is 49.2 Å². The van der Waals surface area contributed by atoms with Crippen LogP contribution in [-0.4, -0.2) is 20.6 Å². The van der Waals surface area contributed by atoms with Crippen LogP contribution in [0.2, 0.25) is 0 Å². The van der Waals surface area contributed by atoms with E-state index in [2.05, 4.69) is 4.98 Å². The first-order chi connectivity index (χ1) is 9.58. The Bertz CT molecular complexity index is 671. The Balaban J connectivity index is 2.15. The number of imidazole rings is 1. The lowest BCUT2D eigenvalue weighted by atomic mass is 10.0. The number of carbonyl (C=O) groups is 1. The first-order valence-electron chi connectivity index (χ1n) is 6.35. The van der Waals surface area contributed by atoms with Crippen molar-refractivity contribution in [2.45, 2.75) is 25.7 Å². The molecule has 0 saturated carbocycles. The lowest BCUT2D eigenvalue weighted by Gasteiger charge is -2.15. The molecule has 1 aromatic carbocycles. The molecule has 1 aromatic heterocycles. The standard InChI is InChI=1S/C14H12F2N2O2/c15-9-5-8(14(19)20)6-10(16)13(9)18-7-17-11-3-1-2-4-12(11)18/h5-7H,1-4H2,(H,19,20). The molecule has 20 heavy (non-hydrogen) atoms. The van der Waals surface area contributed by atoms with E-state index in [1.165, 1.54) is 10.9 Å². The minimum Gasteiger partial charge on any atom is -0.478 e. The quantitative estimate of drug-likeness (QED) is 0.919. The highest BCUT2D eigenvalue weighted by Gasteiger charge is 2.22. The van der Waals surface area contributed by atoms with Crippen molar-refractivity contribution in [2.75, 3.05) is 0 Å². The molecule has 2 aromatic rings. The van der Waals surface area contributed by atoms with E-state index in [4.69, 9.17) is 5.11 Å². The van der Waals surface area contributed by atoms with E-state index >= 15 is 0 Å². The Labute approximate surface area is 113 Å². The van der Waals surface area contributed by atoms with E-state index < -0.39 is 23.2 Å². The minimum absolute atomic E-state index is 0.259. The smallest absolute Gasteiger partial charge is 0.335 e. The fourth-order valence-corrected chi connectivity index (χ4v) is 2.58. The predicted octanol–water partition coefficient (Wildman–Crippen LogP) is 2.73. The van der Waals surface area contributed by atoms with Gasteiger partial charge in [-0.1, -0.05) is 0 Å². The van der Waals surface area contributed by atoms with Crippen LogP contribution in [0.5, 0.6) is 0 Å². The number of aromatic nitrogens is 2. The van der Waals surface area contributed by atoms with Crippen molar-refractivity contribution in [3.05, 3.63) is 47.0 Å². The summed E-state index contributed by atoms with van der Waals surface area (Å²) in [6.45, 7) is 0. The summed E-state index contributed by atoms with van der Waals surface area (Å²) < 4.78 is 29.5. The number of carboxylic acid groups (broad SMARTS) is 1. The molecule has 6 heteroatoms. The van der Waals surface area contributed by atoms with Gasteiger partial charge in [0.05, 0.1) is 17.6 Å². The second kappa shape index (κ2) is 4.70. The van der Waals surface area contributed by atoms with E-state index in [0.29, 0.717) is 0 Å². The van der Waals surface area contributed by atoms with Crippen LogP contribution in [0.1, 0.15) is 34.6 Å². The van der Waals surface area contributed by atoms with Crippen LogP contribution >= 0.6 is 0 Å². The number of rotatable bonds is 2. The number of carboxylic acids is 1. The van der Waals surface area contributed by atoms with Gasteiger partial charge in [0.25, 0.3) is 0 Å². The van der Waals surface area contributed by atoms with Gasteiger partial charge in [0.1, 0.15) is 5.69 Å².